The van der Waals surface area contributed by atoms with Crippen molar-refractivity contribution >= 4 is 27.7 Å². The molecule has 3 rings (SSSR count). The summed E-state index contributed by atoms with van der Waals surface area (Å²) >= 11 is 3.39. The van der Waals surface area contributed by atoms with E-state index in [0.717, 1.165) is 40.8 Å². The fraction of sp³-hybridized carbons (Fsp3) is 0.333. The minimum absolute atomic E-state index is 0.00465. The molecular formula is C15H16BrN3O. The first kappa shape index (κ1) is 13.4. The molecule has 1 aliphatic carbocycles. The number of hydrogen-bond donors (Lipinski definition) is 1. The van der Waals surface area contributed by atoms with Gasteiger partial charge in [-0.1, -0.05) is 28.1 Å². The predicted octanol–water partition coefficient (Wildman–Crippen LogP) is 2.85. The number of halogens is 1. The number of rotatable bonds is 3. The first-order valence-electron chi connectivity index (χ1n) is 6.72. The van der Waals surface area contributed by atoms with Crippen LogP contribution in [-0.2, 0) is 31.1 Å². The lowest BCUT2D eigenvalue weighted by atomic mass is 10.1. The fourth-order valence-electron chi connectivity index (χ4n) is 2.64. The molecule has 1 aliphatic rings. The van der Waals surface area contributed by atoms with Gasteiger partial charge in [-0.15, -0.1) is 0 Å². The molecule has 0 atom stereocenters. The Morgan fingerprint density at radius 2 is 2.10 bits per heavy atom. The molecule has 5 heteroatoms. The van der Waals surface area contributed by atoms with Crippen LogP contribution >= 0.6 is 15.9 Å². The first-order chi connectivity index (χ1) is 9.63. The maximum atomic E-state index is 12.2. The van der Waals surface area contributed by atoms with E-state index in [-0.39, 0.29) is 5.91 Å². The number of aryl methyl sites for hydroxylation is 2. The Hall–Kier alpha value is -1.62. The van der Waals surface area contributed by atoms with E-state index >= 15 is 0 Å². The highest BCUT2D eigenvalue weighted by atomic mass is 79.9. The van der Waals surface area contributed by atoms with Crippen LogP contribution in [0.5, 0.6) is 0 Å². The van der Waals surface area contributed by atoms with Gasteiger partial charge in [0.05, 0.1) is 12.1 Å². The van der Waals surface area contributed by atoms with Crippen LogP contribution in [0.2, 0.25) is 0 Å². The largest absolute Gasteiger partial charge is 0.310 e. The molecule has 1 heterocycles. The number of aromatic nitrogens is 2. The van der Waals surface area contributed by atoms with Gasteiger partial charge in [0.1, 0.15) is 5.82 Å². The van der Waals surface area contributed by atoms with Crippen molar-refractivity contribution in [3.63, 3.8) is 0 Å². The second-order valence-corrected chi connectivity index (χ2v) is 6.02. The SMILES string of the molecule is Cn1nc2c(c1NC(=O)Cc1ccc(Br)cc1)CCC2. The van der Waals surface area contributed by atoms with E-state index in [1.807, 2.05) is 31.3 Å². The zero-order valence-corrected chi connectivity index (χ0v) is 12.9. The predicted molar refractivity (Wildman–Crippen MR) is 81.7 cm³/mol. The molecule has 4 nitrogen and oxygen atoms in total. The quantitative estimate of drug-likeness (QED) is 0.938. The molecule has 0 radical (unpaired) electrons. The fourth-order valence-corrected chi connectivity index (χ4v) is 2.90. The van der Waals surface area contributed by atoms with Gasteiger partial charge in [-0.3, -0.25) is 9.48 Å². The maximum absolute atomic E-state index is 12.2. The van der Waals surface area contributed by atoms with E-state index in [9.17, 15) is 4.79 Å². The Labute approximate surface area is 126 Å². The minimum Gasteiger partial charge on any atom is -0.310 e. The topological polar surface area (TPSA) is 46.9 Å². The van der Waals surface area contributed by atoms with Crippen LogP contribution in [0.15, 0.2) is 28.7 Å². The van der Waals surface area contributed by atoms with Crippen LogP contribution in [0.4, 0.5) is 5.82 Å². The number of carbonyl (C=O) groups excluding carboxylic acids is 1. The highest BCUT2D eigenvalue weighted by Crippen LogP contribution is 2.28. The lowest BCUT2D eigenvalue weighted by Gasteiger charge is -2.08. The van der Waals surface area contributed by atoms with Crippen molar-refractivity contribution in [2.45, 2.75) is 25.7 Å². The number of hydrogen-bond acceptors (Lipinski definition) is 2. The highest BCUT2D eigenvalue weighted by molar-refractivity contribution is 9.10. The van der Waals surface area contributed by atoms with Crippen LogP contribution in [0.3, 0.4) is 0 Å². The molecule has 0 saturated heterocycles. The van der Waals surface area contributed by atoms with Crippen molar-refractivity contribution in [3.8, 4) is 0 Å². The third kappa shape index (κ3) is 2.63. The standard InChI is InChI=1S/C15H16BrN3O/c1-19-15(12-3-2-4-13(12)18-19)17-14(20)9-10-5-7-11(16)8-6-10/h5-8H,2-4,9H2,1H3,(H,17,20). The number of fused-ring (bicyclic) bond motifs is 1. The monoisotopic (exact) mass is 333 g/mol. The smallest absolute Gasteiger partial charge is 0.229 e. The number of anilines is 1. The van der Waals surface area contributed by atoms with Crippen LogP contribution in [0, 0.1) is 0 Å². The molecule has 2 aromatic rings. The van der Waals surface area contributed by atoms with Crippen molar-refractivity contribution in [2.75, 3.05) is 5.32 Å². The minimum atomic E-state index is 0.00465. The molecule has 1 aromatic carbocycles. The Morgan fingerprint density at radius 3 is 2.85 bits per heavy atom. The summed E-state index contributed by atoms with van der Waals surface area (Å²) in [5.41, 5.74) is 3.34. The Morgan fingerprint density at radius 1 is 1.35 bits per heavy atom. The zero-order chi connectivity index (χ0) is 14.1. The molecule has 0 saturated carbocycles. The second kappa shape index (κ2) is 5.40. The molecule has 0 bridgehead atoms. The first-order valence-corrected chi connectivity index (χ1v) is 7.52. The highest BCUT2D eigenvalue weighted by Gasteiger charge is 2.21. The van der Waals surface area contributed by atoms with Crippen molar-refractivity contribution in [1.29, 1.82) is 0 Å². The number of amides is 1. The maximum Gasteiger partial charge on any atom is 0.229 e. The Kier molecular flexibility index (Phi) is 3.61. The second-order valence-electron chi connectivity index (χ2n) is 5.10. The van der Waals surface area contributed by atoms with Crippen molar-refractivity contribution in [3.05, 3.63) is 45.6 Å². The average Bonchev–Trinajstić information content (AvgIpc) is 2.96. The molecular weight excluding hydrogens is 318 g/mol. The van der Waals surface area contributed by atoms with Gasteiger partial charge in [0.15, 0.2) is 0 Å². The van der Waals surface area contributed by atoms with Gasteiger partial charge >= 0.3 is 0 Å². The molecule has 104 valence electrons. The summed E-state index contributed by atoms with van der Waals surface area (Å²) in [6, 6.07) is 7.81. The van der Waals surface area contributed by atoms with Crippen LogP contribution < -0.4 is 5.32 Å². The molecule has 0 aliphatic heterocycles. The van der Waals surface area contributed by atoms with Crippen LogP contribution in [0.1, 0.15) is 23.2 Å². The molecule has 20 heavy (non-hydrogen) atoms. The van der Waals surface area contributed by atoms with E-state index < -0.39 is 0 Å². The van der Waals surface area contributed by atoms with E-state index in [1.54, 1.807) is 4.68 Å². The summed E-state index contributed by atoms with van der Waals surface area (Å²) in [6.07, 6.45) is 3.55. The van der Waals surface area contributed by atoms with Gasteiger partial charge in [-0.2, -0.15) is 5.10 Å². The third-order valence-corrected chi connectivity index (χ3v) is 4.13. The molecule has 1 N–H and O–H groups in total. The molecule has 0 fully saturated rings. The number of nitrogens with one attached hydrogen (secondary N) is 1. The van der Waals surface area contributed by atoms with Crippen molar-refractivity contribution in [2.24, 2.45) is 7.05 Å². The molecule has 0 spiro atoms. The van der Waals surface area contributed by atoms with Gasteiger partial charge in [-0.05, 0) is 37.0 Å². The van der Waals surface area contributed by atoms with Gasteiger partial charge in [0.2, 0.25) is 5.91 Å². The van der Waals surface area contributed by atoms with E-state index in [4.69, 9.17) is 0 Å². The lowest BCUT2D eigenvalue weighted by Crippen LogP contribution is -2.17. The molecule has 0 unspecified atom stereocenters. The summed E-state index contributed by atoms with van der Waals surface area (Å²) in [4.78, 5) is 12.2. The van der Waals surface area contributed by atoms with Crippen molar-refractivity contribution < 1.29 is 4.79 Å². The number of nitrogens with zero attached hydrogens (tertiary/aromatic N) is 2. The summed E-state index contributed by atoms with van der Waals surface area (Å²) in [7, 11) is 1.88. The number of carbonyl (C=O) groups is 1. The van der Waals surface area contributed by atoms with E-state index in [2.05, 4.69) is 26.3 Å². The zero-order valence-electron chi connectivity index (χ0n) is 11.3. The van der Waals surface area contributed by atoms with E-state index in [1.165, 1.54) is 5.56 Å². The van der Waals surface area contributed by atoms with Gasteiger partial charge in [-0.25, -0.2) is 0 Å². The summed E-state index contributed by atoms with van der Waals surface area (Å²) in [5, 5.41) is 7.46. The third-order valence-electron chi connectivity index (χ3n) is 3.60. The molecule has 1 aromatic heterocycles. The molecule has 1 amide bonds. The summed E-state index contributed by atoms with van der Waals surface area (Å²) in [6.45, 7) is 0. The van der Waals surface area contributed by atoms with Gasteiger partial charge in [0.25, 0.3) is 0 Å². The number of benzene rings is 1. The lowest BCUT2D eigenvalue weighted by molar-refractivity contribution is -0.115. The summed E-state index contributed by atoms with van der Waals surface area (Å²) in [5.74, 6) is 0.865. The van der Waals surface area contributed by atoms with Crippen LogP contribution in [-0.4, -0.2) is 15.7 Å². The Bertz CT molecular complexity index is 646. The normalized spacial score (nSPS) is 13.3. The van der Waals surface area contributed by atoms with Gasteiger partial charge < -0.3 is 5.32 Å². The van der Waals surface area contributed by atoms with E-state index in [0.29, 0.717) is 6.42 Å². The Balaban J connectivity index is 1.72. The van der Waals surface area contributed by atoms with Crippen molar-refractivity contribution in [1.82, 2.24) is 9.78 Å². The summed E-state index contributed by atoms with van der Waals surface area (Å²) < 4.78 is 2.80. The van der Waals surface area contributed by atoms with Crippen LogP contribution in [0.25, 0.3) is 0 Å². The van der Waals surface area contributed by atoms with Gasteiger partial charge in [0, 0.05) is 17.1 Å². The average molecular weight is 334 g/mol.